The number of nitrogens with one attached hydrogen (secondary N) is 1. The van der Waals surface area contributed by atoms with Crippen molar-refractivity contribution in [3.05, 3.63) is 53.1 Å². The number of allylic oxidation sites excluding steroid dienone is 3. The molecule has 1 fully saturated rings. The number of anilines is 1. The fourth-order valence-electron chi connectivity index (χ4n) is 3.70. The first-order valence-corrected chi connectivity index (χ1v) is 9.52. The largest absolute Gasteiger partial charge is 0.381 e. The Balaban J connectivity index is 1.67. The fraction of sp³-hybridized carbons (Fsp3) is 0.455. The van der Waals surface area contributed by atoms with Crippen molar-refractivity contribution in [1.82, 2.24) is 0 Å². The topological polar surface area (TPSA) is 41.3 Å². The lowest BCUT2D eigenvalue weighted by molar-refractivity contribution is -0.505. The third-order valence-corrected chi connectivity index (χ3v) is 4.99. The van der Waals surface area contributed by atoms with Gasteiger partial charge in [0.1, 0.15) is 13.8 Å². The van der Waals surface area contributed by atoms with Gasteiger partial charge in [-0.15, -0.1) is 0 Å². The number of hydrogen-bond acceptors (Lipinski definition) is 2. The monoisotopic (exact) mass is 353 g/mol. The van der Waals surface area contributed by atoms with Crippen LogP contribution in [0.25, 0.3) is 0 Å². The quantitative estimate of drug-likeness (QED) is 0.644. The number of benzene rings is 1. The minimum absolute atomic E-state index is 0.0144. The van der Waals surface area contributed by atoms with E-state index in [1.54, 1.807) is 0 Å². The molecule has 0 saturated carbocycles. The van der Waals surface area contributed by atoms with Gasteiger partial charge in [-0.05, 0) is 55.7 Å². The molecule has 138 valence electrons. The van der Waals surface area contributed by atoms with E-state index in [1.165, 1.54) is 5.57 Å². The van der Waals surface area contributed by atoms with Gasteiger partial charge < -0.3 is 10.1 Å². The Morgan fingerprint density at radius 2 is 2.23 bits per heavy atom. The van der Waals surface area contributed by atoms with Crippen LogP contribution in [0, 0.1) is 5.92 Å². The maximum absolute atomic E-state index is 12.7. The maximum Gasteiger partial charge on any atom is 0.251 e. The molecule has 26 heavy (non-hydrogen) atoms. The van der Waals surface area contributed by atoms with Crippen LogP contribution in [0.1, 0.15) is 37.7 Å². The minimum Gasteiger partial charge on any atom is -0.381 e. The SMILES string of the molecule is C=[N+](C)Cc1cccc(NC(=O)C2=CC(C3CCCOCC3)=CCC2)c1. The fourth-order valence-corrected chi connectivity index (χ4v) is 3.70. The van der Waals surface area contributed by atoms with Gasteiger partial charge in [0, 0.05) is 30.0 Å². The Labute approximate surface area is 156 Å². The van der Waals surface area contributed by atoms with Crippen LogP contribution in [-0.2, 0) is 16.1 Å². The second-order valence-electron chi connectivity index (χ2n) is 7.32. The zero-order valence-corrected chi connectivity index (χ0v) is 15.7. The summed E-state index contributed by atoms with van der Waals surface area (Å²) in [7, 11) is 1.94. The number of nitrogens with zero attached hydrogens (tertiary/aromatic N) is 1. The highest BCUT2D eigenvalue weighted by Gasteiger charge is 2.20. The summed E-state index contributed by atoms with van der Waals surface area (Å²) in [6, 6.07) is 7.97. The van der Waals surface area contributed by atoms with E-state index >= 15 is 0 Å². The minimum atomic E-state index is 0.0144. The number of amides is 1. The number of ether oxygens (including phenoxy) is 1. The van der Waals surface area contributed by atoms with Crippen molar-refractivity contribution < 1.29 is 14.1 Å². The van der Waals surface area contributed by atoms with Gasteiger partial charge in [-0.2, -0.15) is 0 Å². The predicted octanol–water partition coefficient (Wildman–Crippen LogP) is 3.93. The van der Waals surface area contributed by atoms with E-state index in [2.05, 4.69) is 24.2 Å². The van der Waals surface area contributed by atoms with E-state index in [0.29, 0.717) is 5.92 Å². The molecule has 4 heteroatoms. The molecule has 1 heterocycles. The summed E-state index contributed by atoms with van der Waals surface area (Å²) in [5.74, 6) is 0.539. The summed E-state index contributed by atoms with van der Waals surface area (Å²) in [5.41, 5.74) is 4.18. The molecule has 1 amide bonds. The third kappa shape index (κ3) is 5.15. The van der Waals surface area contributed by atoms with Crippen LogP contribution in [0.4, 0.5) is 5.69 Å². The Bertz CT molecular complexity index is 725. The van der Waals surface area contributed by atoms with Crippen LogP contribution >= 0.6 is 0 Å². The predicted molar refractivity (Wildman–Crippen MR) is 106 cm³/mol. The second-order valence-corrected chi connectivity index (χ2v) is 7.32. The molecular formula is C22H29N2O2+. The molecule has 0 aromatic heterocycles. The summed E-state index contributed by atoms with van der Waals surface area (Å²) >= 11 is 0. The molecule has 0 bridgehead atoms. The average Bonchev–Trinajstić information content (AvgIpc) is 2.91. The van der Waals surface area contributed by atoms with E-state index in [1.807, 2.05) is 35.9 Å². The first kappa shape index (κ1) is 18.6. The van der Waals surface area contributed by atoms with Crippen molar-refractivity contribution >= 4 is 18.3 Å². The van der Waals surface area contributed by atoms with Crippen LogP contribution in [0.2, 0.25) is 0 Å². The van der Waals surface area contributed by atoms with E-state index < -0.39 is 0 Å². The lowest BCUT2D eigenvalue weighted by Gasteiger charge is -2.20. The maximum atomic E-state index is 12.7. The first-order valence-electron chi connectivity index (χ1n) is 9.52. The van der Waals surface area contributed by atoms with E-state index in [4.69, 9.17) is 4.74 Å². The molecule has 1 N–H and O–H groups in total. The van der Waals surface area contributed by atoms with Gasteiger partial charge in [0.25, 0.3) is 5.91 Å². The highest BCUT2D eigenvalue weighted by atomic mass is 16.5. The van der Waals surface area contributed by atoms with Crippen molar-refractivity contribution in [2.45, 2.75) is 38.6 Å². The van der Waals surface area contributed by atoms with Crippen LogP contribution < -0.4 is 5.32 Å². The highest BCUT2D eigenvalue weighted by molar-refractivity contribution is 6.04. The van der Waals surface area contributed by atoms with Gasteiger partial charge in [-0.3, -0.25) is 4.79 Å². The van der Waals surface area contributed by atoms with Crippen molar-refractivity contribution in [3.63, 3.8) is 0 Å². The van der Waals surface area contributed by atoms with E-state index in [9.17, 15) is 4.79 Å². The summed E-state index contributed by atoms with van der Waals surface area (Å²) in [6.07, 6.45) is 9.47. The van der Waals surface area contributed by atoms with E-state index in [0.717, 1.165) is 68.7 Å². The van der Waals surface area contributed by atoms with Gasteiger partial charge in [-0.1, -0.05) is 24.3 Å². The van der Waals surface area contributed by atoms with Crippen molar-refractivity contribution in [3.8, 4) is 0 Å². The molecule has 1 saturated heterocycles. The number of rotatable bonds is 5. The summed E-state index contributed by atoms with van der Waals surface area (Å²) in [6.45, 7) is 6.32. The first-order chi connectivity index (χ1) is 12.6. The van der Waals surface area contributed by atoms with Crippen LogP contribution in [0.5, 0.6) is 0 Å². The van der Waals surface area contributed by atoms with Crippen LogP contribution in [0.3, 0.4) is 0 Å². The zero-order valence-electron chi connectivity index (χ0n) is 15.7. The molecule has 1 aromatic carbocycles. The van der Waals surface area contributed by atoms with Gasteiger partial charge in [0.15, 0.2) is 6.54 Å². The number of hydrogen-bond donors (Lipinski definition) is 1. The van der Waals surface area contributed by atoms with Gasteiger partial charge in [0.2, 0.25) is 0 Å². The van der Waals surface area contributed by atoms with E-state index in [-0.39, 0.29) is 5.91 Å². The molecule has 1 unspecified atom stereocenters. The Kier molecular flexibility index (Phi) is 6.40. The van der Waals surface area contributed by atoms with Gasteiger partial charge in [0.05, 0.1) is 0 Å². The molecule has 1 atom stereocenters. The number of carbonyl (C=O) groups excluding carboxylic acids is 1. The van der Waals surface area contributed by atoms with Crippen LogP contribution in [0.15, 0.2) is 47.6 Å². The van der Waals surface area contributed by atoms with Crippen molar-refractivity contribution in [2.24, 2.45) is 5.92 Å². The molecule has 1 aliphatic heterocycles. The Hall–Kier alpha value is -2.20. The van der Waals surface area contributed by atoms with Gasteiger partial charge in [-0.25, -0.2) is 4.58 Å². The average molecular weight is 353 g/mol. The van der Waals surface area contributed by atoms with Gasteiger partial charge >= 0.3 is 0 Å². The van der Waals surface area contributed by atoms with Crippen molar-refractivity contribution in [1.29, 1.82) is 0 Å². The molecule has 2 aliphatic rings. The smallest absolute Gasteiger partial charge is 0.251 e. The lowest BCUT2D eigenvalue weighted by atomic mass is 9.86. The second kappa shape index (κ2) is 8.95. The molecule has 0 spiro atoms. The Morgan fingerprint density at radius 3 is 3.08 bits per heavy atom. The molecular weight excluding hydrogens is 324 g/mol. The lowest BCUT2D eigenvalue weighted by Crippen LogP contribution is -2.17. The summed E-state index contributed by atoms with van der Waals surface area (Å²) < 4.78 is 7.45. The standard InChI is InChI=1S/C22H28N2O2/c1-24(2)16-17-6-3-10-21(14-17)23-22(25)20-8-4-7-19(15-20)18-9-5-12-26-13-11-18/h3,6-7,10,14-15,18H,1,4-5,8-9,11-13,16H2,2H3/p+1. The molecule has 0 radical (unpaired) electrons. The third-order valence-electron chi connectivity index (χ3n) is 4.99. The molecule has 1 aromatic rings. The summed E-state index contributed by atoms with van der Waals surface area (Å²) in [5, 5.41) is 3.06. The summed E-state index contributed by atoms with van der Waals surface area (Å²) in [4.78, 5) is 12.7. The molecule has 3 rings (SSSR count). The highest BCUT2D eigenvalue weighted by Crippen LogP contribution is 2.30. The zero-order chi connectivity index (χ0) is 18.4. The normalized spacial score (nSPS) is 20.6. The number of carbonyl (C=O) groups is 1. The molecule has 4 nitrogen and oxygen atoms in total. The van der Waals surface area contributed by atoms with Crippen LogP contribution in [-0.4, -0.2) is 37.5 Å². The Morgan fingerprint density at radius 1 is 1.35 bits per heavy atom. The molecule has 1 aliphatic carbocycles. The van der Waals surface area contributed by atoms with Crippen molar-refractivity contribution in [2.75, 3.05) is 25.6 Å².